The van der Waals surface area contributed by atoms with E-state index in [-0.39, 0.29) is 14.9 Å². The van der Waals surface area contributed by atoms with Crippen LogP contribution in [-0.2, 0) is 0 Å². The Balaban J connectivity index is 3.12. The summed E-state index contributed by atoms with van der Waals surface area (Å²) in [5.74, 6) is -2.93. The normalized spacial score (nSPS) is 13.6. The molecule has 0 fully saturated rings. The van der Waals surface area contributed by atoms with Gasteiger partial charge in [-0.3, -0.25) is 0 Å². The summed E-state index contributed by atoms with van der Waals surface area (Å²) in [5, 5.41) is -0.387. The lowest BCUT2D eigenvalue weighted by Crippen LogP contribution is -2.30. The monoisotopic (exact) mass is 370 g/mol. The zero-order valence-corrected chi connectivity index (χ0v) is 12.1. The van der Waals surface area contributed by atoms with Crippen LogP contribution < -0.4 is 5.73 Å². The van der Waals surface area contributed by atoms with Crippen LogP contribution in [0.2, 0.25) is 10.0 Å². The summed E-state index contributed by atoms with van der Waals surface area (Å²) < 4.78 is 73.2. The fourth-order valence-electron chi connectivity index (χ4n) is 1.07. The number of aliphatic imine (C=N–C) groups is 1. The minimum absolute atomic E-state index is 0.105. The molecule has 0 atom stereocenters. The average molecular weight is 371 g/mol. The number of alkyl halides is 6. The summed E-state index contributed by atoms with van der Waals surface area (Å²) in [4.78, 5) is 2.96. The Kier molecular flexibility index (Phi) is 5.68. The maximum atomic E-state index is 12.3. The van der Waals surface area contributed by atoms with Crippen LogP contribution in [0.5, 0.6) is 0 Å². The number of halogens is 8. The SMILES string of the molecule is NC(=Nc1cc(SCC(F)(F)F)c(Cl)cc1Cl)C(F)(F)F. The van der Waals surface area contributed by atoms with Gasteiger partial charge in [0.2, 0.25) is 5.84 Å². The van der Waals surface area contributed by atoms with Crippen molar-refractivity contribution in [2.75, 3.05) is 5.75 Å². The third-order valence-electron chi connectivity index (χ3n) is 1.92. The molecule has 118 valence electrons. The second-order valence-corrected chi connectivity index (χ2v) is 5.46. The summed E-state index contributed by atoms with van der Waals surface area (Å²) in [6.07, 6.45) is -9.33. The maximum absolute atomic E-state index is 12.3. The van der Waals surface area contributed by atoms with Crippen molar-refractivity contribution >= 4 is 46.5 Å². The number of hydrogen-bond acceptors (Lipinski definition) is 2. The molecule has 0 saturated heterocycles. The number of hydrogen-bond donors (Lipinski definition) is 1. The first-order valence-electron chi connectivity index (χ1n) is 5.00. The van der Waals surface area contributed by atoms with Gasteiger partial charge in [0.15, 0.2) is 0 Å². The van der Waals surface area contributed by atoms with E-state index >= 15 is 0 Å². The van der Waals surface area contributed by atoms with Crippen molar-refractivity contribution in [1.29, 1.82) is 0 Å². The first-order chi connectivity index (χ1) is 9.40. The Bertz CT molecular complexity index is 556. The van der Waals surface area contributed by atoms with Gasteiger partial charge < -0.3 is 5.73 Å². The van der Waals surface area contributed by atoms with E-state index in [9.17, 15) is 26.3 Å². The van der Waals surface area contributed by atoms with E-state index in [0.29, 0.717) is 11.8 Å². The first kappa shape index (κ1) is 18.2. The highest BCUT2D eigenvalue weighted by molar-refractivity contribution is 7.99. The molecule has 0 bridgehead atoms. The number of benzene rings is 1. The molecule has 1 aromatic carbocycles. The molecule has 1 aromatic rings. The van der Waals surface area contributed by atoms with Crippen molar-refractivity contribution in [3.05, 3.63) is 22.2 Å². The van der Waals surface area contributed by atoms with Crippen LogP contribution >= 0.6 is 35.0 Å². The van der Waals surface area contributed by atoms with E-state index in [4.69, 9.17) is 28.9 Å². The smallest absolute Gasteiger partial charge is 0.380 e. The molecule has 0 aliphatic rings. The predicted molar refractivity (Wildman–Crippen MR) is 70.6 cm³/mol. The molecule has 0 saturated carbocycles. The third-order valence-corrected chi connectivity index (χ3v) is 3.77. The summed E-state index contributed by atoms with van der Waals surface area (Å²) in [6.45, 7) is 0. The zero-order chi connectivity index (χ0) is 16.4. The van der Waals surface area contributed by atoms with Gasteiger partial charge >= 0.3 is 12.4 Å². The van der Waals surface area contributed by atoms with Crippen molar-refractivity contribution in [2.45, 2.75) is 17.2 Å². The highest BCUT2D eigenvalue weighted by atomic mass is 35.5. The molecule has 0 aliphatic heterocycles. The number of nitrogens with two attached hydrogens (primary N) is 1. The molecular formula is C10H6Cl2F6N2S. The Labute approximate surface area is 129 Å². The molecule has 1 rings (SSSR count). The van der Waals surface area contributed by atoms with Crippen molar-refractivity contribution in [3.8, 4) is 0 Å². The molecule has 2 nitrogen and oxygen atoms in total. The van der Waals surface area contributed by atoms with Crippen LogP contribution in [0.15, 0.2) is 22.0 Å². The molecule has 0 amide bonds. The van der Waals surface area contributed by atoms with E-state index in [0.717, 1.165) is 12.1 Å². The third kappa shape index (κ3) is 5.84. The lowest BCUT2D eigenvalue weighted by molar-refractivity contribution is -0.105. The minimum Gasteiger partial charge on any atom is -0.380 e. The molecule has 0 spiro atoms. The fraction of sp³-hybridized carbons (Fsp3) is 0.300. The highest BCUT2D eigenvalue weighted by Gasteiger charge is 2.34. The number of rotatable bonds is 3. The van der Waals surface area contributed by atoms with Gasteiger partial charge in [0, 0.05) is 4.90 Å². The first-order valence-corrected chi connectivity index (χ1v) is 6.74. The summed E-state index contributed by atoms with van der Waals surface area (Å²) in [5.41, 5.74) is 4.31. The topological polar surface area (TPSA) is 38.4 Å². The second-order valence-electron chi connectivity index (χ2n) is 3.63. The van der Waals surface area contributed by atoms with Crippen LogP contribution in [0.25, 0.3) is 0 Å². The average Bonchev–Trinajstić information content (AvgIpc) is 2.28. The molecule has 0 aromatic heterocycles. The number of amidine groups is 1. The van der Waals surface area contributed by atoms with E-state index in [2.05, 4.69) is 4.99 Å². The Hall–Kier alpha value is -0.800. The Morgan fingerprint density at radius 1 is 1.10 bits per heavy atom. The van der Waals surface area contributed by atoms with E-state index in [1.807, 2.05) is 0 Å². The molecule has 2 N–H and O–H groups in total. The fourth-order valence-corrected chi connectivity index (χ4v) is 2.37. The molecular weight excluding hydrogens is 365 g/mol. The van der Waals surface area contributed by atoms with Crippen molar-refractivity contribution in [1.82, 2.24) is 0 Å². The van der Waals surface area contributed by atoms with Gasteiger partial charge in [0.25, 0.3) is 0 Å². The second kappa shape index (κ2) is 6.53. The van der Waals surface area contributed by atoms with Gasteiger partial charge in [-0.15, -0.1) is 11.8 Å². The largest absolute Gasteiger partial charge is 0.448 e. The lowest BCUT2D eigenvalue weighted by Gasteiger charge is -2.10. The van der Waals surface area contributed by atoms with Crippen molar-refractivity contribution in [2.24, 2.45) is 10.7 Å². The van der Waals surface area contributed by atoms with E-state index in [1.165, 1.54) is 0 Å². The minimum atomic E-state index is -4.87. The van der Waals surface area contributed by atoms with Gasteiger partial charge in [-0.1, -0.05) is 23.2 Å². The predicted octanol–water partition coefficient (Wildman–Crippen LogP) is 5.20. The highest BCUT2D eigenvalue weighted by Crippen LogP contribution is 2.38. The molecule has 0 heterocycles. The summed E-state index contributed by atoms with van der Waals surface area (Å²) >= 11 is 11.6. The Morgan fingerprint density at radius 3 is 2.14 bits per heavy atom. The van der Waals surface area contributed by atoms with Crippen LogP contribution in [0, 0.1) is 0 Å². The van der Waals surface area contributed by atoms with Crippen molar-refractivity contribution in [3.63, 3.8) is 0 Å². The standard InChI is InChI=1S/C10H6Cl2F6N2S/c11-4-1-5(12)7(21-3-9(13,14)15)2-6(4)20-8(19)10(16,17)18/h1-2H,3H2,(H2,19,20). The van der Waals surface area contributed by atoms with Gasteiger partial charge in [-0.2, -0.15) is 26.3 Å². The maximum Gasteiger partial charge on any atom is 0.448 e. The molecule has 0 radical (unpaired) electrons. The lowest BCUT2D eigenvalue weighted by atomic mass is 10.3. The van der Waals surface area contributed by atoms with Crippen LogP contribution in [0.4, 0.5) is 32.0 Å². The van der Waals surface area contributed by atoms with Gasteiger partial charge in [-0.25, -0.2) is 4.99 Å². The Morgan fingerprint density at radius 2 is 1.67 bits per heavy atom. The van der Waals surface area contributed by atoms with Crippen LogP contribution in [0.1, 0.15) is 0 Å². The van der Waals surface area contributed by atoms with Crippen LogP contribution in [0.3, 0.4) is 0 Å². The molecule has 0 unspecified atom stereocenters. The molecule has 0 aliphatic carbocycles. The molecule has 11 heteroatoms. The molecule has 21 heavy (non-hydrogen) atoms. The van der Waals surface area contributed by atoms with Gasteiger partial charge in [-0.05, 0) is 12.1 Å². The quantitative estimate of drug-likeness (QED) is 0.343. The van der Waals surface area contributed by atoms with Crippen molar-refractivity contribution < 1.29 is 26.3 Å². The summed E-state index contributed by atoms with van der Waals surface area (Å²) in [7, 11) is 0. The number of nitrogens with zero attached hydrogens (tertiary/aromatic N) is 1. The van der Waals surface area contributed by atoms with E-state index < -0.39 is 29.6 Å². The van der Waals surface area contributed by atoms with Crippen LogP contribution in [-0.4, -0.2) is 23.9 Å². The van der Waals surface area contributed by atoms with Gasteiger partial charge in [0.1, 0.15) is 0 Å². The van der Waals surface area contributed by atoms with E-state index in [1.54, 1.807) is 0 Å². The number of thioether (sulfide) groups is 1. The van der Waals surface area contributed by atoms with Gasteiger partial charge in [0.05, 0.1) is 21.5 Å². The summed E-state index contributed by atoms with van der Waals surface area (Å²) in [6, 6.07) is 1.92. The zero-order valence-electron chi connectivity index (χ0n) is 9.82.